The molecular weight excluding hydrogens is 461 g/mol. The molecule has 36 heavy (non-hydrogen) atoms. The fraction of sp³-hybridized carbons (Fsp3) is 0.179. The van der Waals surface area contributed by atoms with Crippen LogP contribution in [0, 0.1) is 5.82 Å². The van der Waals surface area contributed by atoms with Crippen LogP contribution in [-0.2, 0) is 20.7 Å². The van der Waals surface area contributed by atoms with Gasteiger partial charge in [-0.15, -0.1) is 0 Å². The first-order chi connectivity index (χ1) is 17.5. The van der Waals surface area contributed by atoms with E-state index in [1.807, 2.05) is 49.4 Å². The summed E-state index contributed by atoms with van der Waals surface area (Å²) >= 11 is 0. The number of hydrogen-bond donors (Lipinski definition) is 2. The van der Waals surface area contributed by atoms with Crippen molar-refractivity contribution in [3.63, 3.8) is 0 Å². The predicted molar refractivity (Wildman–Crippen MR) is 135 cm³/mol. The molecule has 0 fully saturated rings. The molecule has 0 spiro atoms. The standard InChI is InChI=1S/C28H26FN3O4/c1-2-32(22-8-4-3-5-9-22)26(33)18-36-28(35)25(31-27(34)19-12-14-21(29)15-13-19)16-20-17-30-24-11-7-6-10-23(20)24/h3-15,17,25,30H,2,16,18H2,1H3,(H,31,34). The van der Waals surface area contributed by atoms with E-state index in [4.69, 9.17) is 4.74 Å². The second kappa shape index (κ2) is 11.3. The molecule has 4 rings (SSSR count). The number of hydrogen-bond acceptors (Lipinski definition) is 4. The normalized spacial score (nSPS) is 11.6. The van der Waals surface area contributed by atoms with Crippen LogP contribution in [-0.4, -0.2) is 42.0 Å². The molecular formula is C28H26FN3O4. The maximum atomic E-state index is 13.3. The molecule has 184 valence electrons. The molecule has 0 bridgehead atoms. The Morgan fingerprint density at radius 1 is 0.972 bits per heavy atom. The van der Waals surface area contributed by atoms with Crippen LogP contribution in [0.4, 0.5) is 10.1 Å². The second-order valence-corrected chi connectivity index (χ2v) is 8.18. The highest BCUT2D eigenvalue weighted by atomic mass is 19.1. The molecule has 0 aliphatic carbocycles. The minimum Gasteiger partial charge on any atom is -0.454 e. The number of amides is 2. The number of nitrogens with one attached hydrogen (secondary N) is 2. The van der Waals surface area contributed by atoms with Crippen molar-refractivity contribution in [2.45, 2.75) is 19.4 Å². The summed E-state index contributed by atoms with van der Waals surface area (Å²) in [6, 6.07) is 20.6. The van der Waals surface area contributed by atoms with E-state index in [0.29, 0.717) is 12.2 Å². The van der Waals surface area contributed by atoms with E-state index in [9.17, 15) is 18.8 Å². The van der Waals surface area contributed by atoms with Crippen molar-refractivity contribution in [1.29, 1.82) is 0 Å². The number of benzene rings is 3. The average Bonchev–Trinajstić information content (AvgIpc) is 3.31. The number of para-hydroxylation sites is 2. The van der Waals surface area contributed by atoms with E-state index in [-0.39, 0.29) is 17.9 Å². The molecule has 0 saturated heterocycles. The maximum absolute atomic E-state index is 13.3. The van der Waals surface area contributed by atoms with Gasteiger partial charge in [-0.2, -0.15) is 0 Å². The first kappa shape index (κ1) is 24.7. The van der Waals surface area contributed by atoms with E-state index in [2.05, 4.69) is 10.3 Å². The fourth-order valence-corrected chi connectivity index (χ4v) is 3.98. The van der Waals surface area contributed by atoms with Gasteiger partial charge >= 0.3 is 5.97 Å². The predicted octanol–water partition coefficient (Wildman–Crippen LogP) is 4.24. The molecule has 8 heteroatoms. The average molecular weight is 488 g/mol. The van der Waals surface area contributed by atoms with Gasteiger partial charge in [-0.25, -0.2) is 9.18 Å². The van der Waals surface area contributed by atoms with Crippen molar-refractivity contribution >= 4 is 34.4 Å². The molecule has 7 nitrogen and oxygen atoms in total. The van der Waals surface area contributed by atoms with Crippen LogP contribution < -0.4 is 10.2 Å². The summed E-state index contributed by atoms with van der Waals surface area (Å²) in [5.74, 6) is -2.15. The van der Waals surface area contributed by atoms with Crippen LogP contribution in [0.15, 0.2) is 85.1 Å². The Labute approximate surface area is 207 Å². The van der Waals surface area contributed by atoms with Gasteiger partial charge in [0.05, 0.1) is 0 Å². The van der Waals surface area contributed by atoms with Gasteiger partial charge in [0.2, 0.25) is 0 Å². The Bertz CT molecular complexity index is 1350. The summed E-state index contributed by atoms with van der Waals surface area (Å²) in [5, 5.41) is 3.59. The molecule has 3 aromatic carbocycles. The van der Waals surface area contributed by atoms with Crippen molar-refractivity contribution in [3.8, 4) is 0 Å². The van der Waals surface area contributed by atoms with Crippen LogP contribution in [0.1, 0.15) is 22.8 Å². The number of nitrogens with zero attached hydrogens (tertiary/aromatic N) is 1. The van der Waals surface area contributed by atoms with Crippen LogP contribution >= 0.6 is 0 Å². The van der Waals surface area contributed by atoms with E-state index >= 15 is 0 Å². The van der Waals surface area contributed by atoms with Gasteiger partial charge in [0.1, 0.15) is 11.9 Å². The lowest BCUT2D eigenvalue weighted by Gasteiger charge is -2.22. The molecule has 1 aromatic heterocycles. The van der Waals surface area contributed by atoms with E-state index < -0.39 is 30.3 Å². The third kappa shape index (κ3) is 5.78. The number of fused-ring (bicyclic) bond motifs is 1. The first-order valence-electron chi connectivity index (χ1n) is 11.6. The summed E-state index contributed by atoms with van der Waals surface area (Å²) in [6.07, 6.45) is 1.91. The van der Waals surface area contributed by atoms with Crippen molar-refractivity contribution in [3.05, 3.63) is 102 Å². The lowest BCUT2D eigenvalue weighted by atomic mass is 10.0. The molecule has 0 aliphatic heterocycles. The minimum absolute atomic E-state index is 0.139. The molecule has 4 aromatic rings. The summed E-state index contributed by atoms with van der Waals surface area (Å²) in [6.45, 7) is 1.76. The Kier molecular flexibility index (Phi) is 7.75. The van der Waals surface area contributed by atoms with Crippen LogP contribution in [0.25, 0.3) is 10.9 Å². The third-order valence-corrected chi connectivity index (χ3v) is 5.82. The summed E-state index contributed by atoms with van der Waals surface area (Å²) in [4.78, 5) is 43.4. The Morgan fingerprint density at radius 2 is 1.67 bits per heavy atom. The number of carbonyl (C=O) groups is 3. The Hall–Kier alpha value is -4.46. The number of rotatable bonds is 9. The quantitative estimate of drug-likeness (QED) is 0.346. The highest BCUT2D eigenvalue weighted by Gasteiger charge is 2.26. The lowest BCUT2D eigenvalue weighted by Crippen LogP contribution is -2.44. The number of anilines is 1. The smallest absolute Gasteiger partial charge is 0.329 e. The Balaban J connectivity index is 1.50. The summed E-state index contributed by atoms with van der Waals surface area (Å²) in [5.41, 5.74) is 2.59. The third-order valence-electron chi connectivity index (χ3n) is 5.82. The number of aromatic nitrogens is 1. The van der Waals surface area contributed by atoms with E-state index in [1.54, 1.807) is 18.3 Å². The molecule has 1 heterocycles. The zero-order valence-electron chi connectivity index (χ0n) is 19.7. The molecule has 1 unspecified atom stereocenters. The number of ether oxygens (including phenoxy) is 1. The van der Waals surface area contributed by atoms with Crippen molar-refractivity contribution in [2.75, 3.05) is 18.1 Å². The topological polar surface area (TPSA) is 91.5 Å². The van der Waals surface area contributed by atoms with Gasteiger partial charge in [0, 0.05) is 41.3 Å². The molecule has 1 atom stereocenters. The molecule has 0 aliphatic rings. The number of esters is 1. The SMILES string of the molecule is CCN(C(=O)COC(=O)C(Cc1c[nH]c2ccccc12)NC(=O)c1ccc(F)cc1)c1ccccc1. The number of likely N-dealkylation sites (N-methyl/N-ethyl adjacent to an activating group) is 1. The van der Waals surface area contributed by atoms with Crippen molar-refractivity contribution in [2.24, 2.45) is 0 Å². The van der Waals surface area contributed by atoms with Gasteiger partial charge in [-0.3, -0.25) is 9.59 Å². The zero-order valence-corrected chi connectivity index (χ0v) is 19.7. The van der Waals surface area contributed by atoms with Gasteiger partial charge in [0.15, 0.2) is 6.61 Å². The van der Waals surface area contributed by atoms with Crippen LogP contribution in [0.5, 0.6) is 0 Å². The number of aromatic amines is 1. The summed E-state index contributed by atoms with van der Waals surface area (Å²) in [7, 11) is 0. The molecule has 2 amide bonds. The van der Waals surface area contributed by atoms with E-state index in [1.165, 1.54) is 29.2 Å². The monoisotopic (exact) mass is 487 g/mol. The van der Waals surface area contributed by atoms with Crippen molar-refractivity contribution in [1.82, 2.24) is 10.3 Å². The zero-order chi connectivity index (χ0) is 25.5. The minimum atomic E-state index is -1.07. The highest BCUT2D eigenvalue weighted by Crippen LogP contribution is 2.20. The van der Waals surface area contributed by atoms with Crippen LogP contribution in [0.3, 0.4) is 0 Å². The number of halogens is 1. The molecule has 0 radical (unpaired) electrons. The number of carbonyl (C=O) groups excluding carboxylic acids is 3. The van der Waals surface area contributed by atoms with Gasteiger partial charge < -0.3 is 19.9 Å². The van der Waals surface area contributed by atoms with E-state index in [0.717, 1.165) is 16.5 Å². The Morgan fingerprint density at radius 3 is 2.39 bits per heavy atom. The fourth-order valence-electron chi connectivity index (χ4n) is 3.98. The van der Waals surface area contributed by atoms with Crippen molar-refractivity contribution < 1.29 is 23.5 Å². The van der Waals surface area contributed by atoms with Gasteiger partial charge in [-0.1, -0.05) is 36.4 Å². The van der Waals surface area contributed by atoms with Gasteiger partial charge in [-0.05, 0) is 55.0 Å². The number of H-pyrrole nitrogens is 1. The summed E-state index contributed by atoms with van der Waals surface area (Å²) < 4.78 is 18.7. The van der Waals surface area contributed by atoms with Crippen LogP contribution in [0.2, 0.25) is 0 Å². The lowest BCUT2D eigenvalue weighted by molar-refractivity contribution is -0.149. The highest BCUT2D eigenvalue weighted by molar-refractivity contribution is 5.98. The molecule has 0 saturated carbocycles. The molecule has 2 N–H and O–H groups in total. The first-order valence-corrected chi connectivity index (χ1v) is 11.6. The van der Waals surface area contributed by atoms with Gasteiger partial charge in [0.25, 0.3) is 11.8 Å². The second-order valence-electron chi connectivity index (χ2n) is 8.18. The maximum Gasteiger partial charge on any atom is 0.329 e. The largest absolute Gasteiger partial charge is 0.454 e.